The molecule has 2 N–H and O–H groups in total. The van der Waals surface area contributed by atoms with Crippen LogP contribution < -0.4 is 5.73 Å². The maximum atomic E-state index is 6.13. The van der Waals surface area contributed by atoms with Crippen LogP contribution in [0.5, 0.6) is 0 Å². The van der Waals surface area contributed by atoms with E-state index in [1.165, 1.54) is 12.8 Å². The summed E-state index contributed by atoms with van der Waals surface area (Å²) in [5.41, 5.74) is 6.19. The van der Waals surface area contributed by atoms with Crippen LogP contribution in [-0.2, 0) is 5.41 Å². The van der Waals surface area contributed by atoms with Gasteiger partial charge in [-0.1, -0.05) is 32.1 Å². The Hall–Kier alpha value is -1.01. The van der Waals surface area contributed by atoms with Crippen LogP contribution in [0.3, 0.4) is 0 Å². The molecule has 2 aromatic heterocycles. The third kappa shape index (κ3) is 2.15. The second-order valence-electron chi connectivity index (χ2n) is 6.48. The third-order valence-corrected chi connectivity index (χ3v) is 5.75. The summed E-state index contributed by atoms with van der Waals surface area (Å²) in [5.74, 6) is 2.09. The molecule has 0 atom stereocenters. The zero-order chi connectivity index (χ0) is 14.3. The highest BCUT2D eigenvalue weighted by Crippen LogP contribution is 2.42. The zero-order valence-electron chi connectivity index (χ0n) is 12.5. The SMILES string of the molecule is CC1CCC(CN)(c2nn3c(C(C)C)nnc3s2)CC1. The minimum Gasteiger partial charge on any atom is -0.329 e. The lowest BCUT2D eigenvalue weighted by Gasteiger charge is -2.36. The quantitative estimate of drug-likeness (QED) is 0.944. The molecule has 2 heterocycles. The van der Waals surface area contributed by atoms with Crippen molar-refractivity contribution in [1.82, 2.24) is 19.8 Å². The molecule has 1 aliphatic carbocycles. The minimum atomic E-state index is 0.0616. The van der Waals surface area contributed by atoms with Gasteiger partial charge in [0.05, 0.1) is 0 Å². The first kappa shape index (κ1) is 13.9. The molecule has 3 rings (SSSR count). The summed E-state index contributed by atoms with van der Waals surface area (Å²) in [4.78, 5) is 0.898. The molecular formula is C14H23N5S. The summed E-state index contributed by atoms with van der Waals surface area (Å²) in [6, 6.07) is 0. The molecule has 0 saturated heterocycles. The molecule has 1 saturated carbocycles. The van der Waals surface area contributed by atoms with Gasteiger partial charge in [0.15, 0.2) is 5.82 Å². The van der Waals surface area contributed by atoms with Gasteiger partial charge < -0.3 is 5.73 Å². The Morgan fingerprint density at radius 2 is 2.05 bits per heavy atom. The maximum absolute atomic E-state index is 6.13. The normalized spacial score (nSPS) is 27.6. The van der Waals surface area contributed by atoms with Crippen LogP contribution in [0.15, 0.2) is 0 Å². The summed E-state index contributed by atoms with van der Waals surface area (Å²) in [6.07, 6.45) is 4.78. The van der Waals surface area contributed by atoms with Gasteiger partial charge in [0.1, 0.15) is 5.01 Å². The molecule has 0 unspecified atom stereocenters. The van der Waals surface area contributed by atoms with Crippen molar-refractivity contribution in [3.63, 3.8) is 0 Å². The molecule has 0 radical (unpaired) electrons. The van der Waals surface area contributed by atoms with Gasteiger partial charge in [0.25, 0.3) is 0 Å². The Morgan fingerprint density at radius 3 is 2.65 bits per heavy atom. The van der Waals surface area contributed by atoms with E-state index >= 15 is 0 Å². The van der Waals surface area contributed by atoms with E-state index in [2.05, 4.69) is 31.0 Å². The lowest BCUT2D eigenvalue weighted by Crippen LogP contribution is -2.38. The number of nitrogens with two attached hydrogens (primary N) is 1. The molecular weight excluding hydrogens is 270 g/mol. The number of nitrogens with zero attached hydrogens (tertiary/aromatic N) is 4. The van der Waals surface area contributed by atoms with E-state index in [4.69, 9.17) is 10.8 Å². The predicted octanol–water partition coefficient (Wildman–Crippen LogP) is 2.72. The van der Waals surface area contributed by atoms with E-state index in [0.717, 1.165) is 34.6 Å². The van der Waals surface area contributed by atoms with Crippen LogP contribution in [0.2, 0.25) is 0 Å². The first-order valence-electron chi connectivity index (χ1n) is 7.48. The molecule has 0 bridgehead atoms. The van der Waals surface area contributed by atoms with Crippen molar-refractivity contribution in [2.24, 2.45) is 11.7 Å². The fraction of sp³-hybridized carbons (Fsp3) is 0.786. The smallest absolute Gasteiger partial charge is 0.234 e. The van der Waals surface area contributed by atoms with Crippen molar-refractivity contribution in [2.75, 3.05) is 6.54 Å². The van der Waals surface area contributed by atoms with Gasteiger partial charge in [-0.3, -0.25) is 0 Å². The van der Waals surface area contributed by atoms with Gasteiger partial charge in [-0.25, -0.2) is 0 Å². The van der Waals surface area contributed by atoms with Gasteiger partial charge in [-0.05, 0) is 31.6 Å². The second kappa shape index (κ2) is 5.07. The van der Waals surface area contributed by atoms with Crippen molar-refractivity contribution >= 4 is 16.3 Å². The van der Waals surface area contributed by atoms with Crippen LogP contribution >= 0.6 is 11.3 Å². The van der Waals surface area contributed by atoms with E-state index in [1.807, 2.05) is 4.52 Å². The summed E-state index contributed by atoms with van der Waals surface area (Å²) in [5, 5.41) is 14.5. The number of fused-ring (bicyclic) bond motifs is 1. The number of rotatable bonds is 3. The molecule has 110 valence electrons. The zero-order valence-corrected chi connectivity index (χ0v) is 13.3. The van der Waals surface area contributed by atoms with Gasteiger partial charge in [0.2, 0.25) is 4.96 Å². The Labute approximate surface area is 123 Å². The molecule has 2 aromatic rings. The Balaban J connectivity index is 2.00. The van der Waals surface area contributed by atoms with Gasteiger partial charge in [-0.15, -0.1) is 10.2 Å². The Morgan fingerprint density at radius 1 is 1.35 bits per heavy atom. The first-order valence-corrected chi connectivity index (χ1v) is 8.30. The summed E-state index contributed by atoms with van der Waals surface area (Å²) in [6.45, 7) is 7.25. The number of hydrogen-bond acceptors (Lipinski definition) is 5. The van der Waals surface area contributed by atoms with Crippen molar-refractivity contribution < 1.29 is 0 Å². The van der Waals surface area contributed by atoms with E-state index in [0.29, 0.717) is 12.5 Å². The largest absolute Gasteiger partial charge is 0.329 e. The monoisotopic (exact) mass is 293 g/mol. The molecule has 1 aliphatic rings. The minimum absolute atomic E-state index is 0.0616. The van der Waals surface area contributed by atoms with E-state index in [-0.39, 0.29) is 5.41 Å². The highest BCUT2D eigenvalue weighted by Gasteiger charge is 2.38. The lowest BCUT2D eigenvalue weighted by atomic mass is 9.71. The van der Waals surface area contributed by atoms with Crippen molar-refractivity contribution in [1.29, 1.82) is 0 Å². The van der Waals surface area contributed by atoms with Crippen LogP contribution in [0.4, 0.5) is 0 Å². The predicted molar refractivity (Wildman–Crippen MR) is 81.1 cm³/mol. The van der Waals surface area contributed by atoms with Crippen molar-refractivity contribution in [3.05, 3.63) is 10.8 Å². The highest BCUT2D eigenvalue weighted by atomic mass is 32.1. The molecule has 20 heavy (non-hydrogen) atoms. The fourth-order valence-electron chi connectivity index (χ4n) is 3.03. The summed E-state index contributed by atoms with van der Waals surface area (Å²) in [7, 11) is 0. The van der Waals surface area contributed by atoms with E-state index in [9.17, 15) is 0 Å². The van der Waals surface area contributed by atoms with Crippen LogP contribution in [-0.4, -0.2) is 26.4 Å². The number of aromatic nitrogens is 4. The average Bonchev–Trinajstić information content (AvgIpc) is 2.99. The fourth-order valence-corrected chi connectivity index (χ4v) is 4.13. The van der Waals surface area contributed by atoms with Crippen molar-refractivity contribution in [2.45, 2.75) is 57.8 Å². The van der Waals surface area contributed by atoms with Gasteiger partial charge in [0, 0.05) is 17.9 Å². The van der Waals surface area contributed by atoms with Crippen molar-refractivity contribution in [3.8, 4) is 0 Å². The molecule has 6 heteroatoms. The van der Waals surface area contributed by atoms with E-state index in [1.54, 1.807) is 11.3 Å². The average molecular weight is 293 g/mol. The van der Waals surface area contributed by atoms with Crippen LogP contribution in [0.25, 0.3) is 4.96 Å². The number of hydrogen-bond donors (Lipinski definition) is 1. The topological polar surface area (TPSA) is 69.1 Å². The lowest BCUT2D eigenvalue weighted by molar-refractivity contribution is 0.245. The molecule has 1 fully saturated rings. The molecule has 0 aliphatic heterocycles. The highest BCUT2D eigenvalue weighted by molar-refractivity contribution is 7.16. The first-order chi connectivity index (χ1) is 9.55. The Bertz CT molecular complexity index is 592. The Kier molecular flexibility index (Phi) is 3.54. The molecule has 0 spiro atoms. The maximum Gasteiger partial charge on any atom is 0.234 e. The third-order valence-electron chi connectivity index (χ3n) is 4.61. The summed E-state index contributed by atoms with van der Waals surface area (Å²) >= 11 is 1.66. The second-order valence-corrected chi connectivity index (χ2v) is 7.44. The molecule has 5 nitrogen and oxygen atoms in total. The molecule has 0 aromatic carbocycles. The summed E-state index contributed by atoms with van der Waals surface area (Å²) < 4.78 is 1.92. The van der Waals surface area contributed by atoms with E-state index < -0.39 is 0 Å². The standard InChI is InChI=1S/C14H23N5S/c1-9(2)11-16-17-13-19(11)18-12(20-13)14(8-15)6-4-10(3)5-7-14/h9-10H,4-8,15H2,1-3H3. The molecule has 0 amide bonds. The van der Waals surface area contributed by atoms with Crippen LogP contribution in [0, 0.1) is 5.92 Å². The van der Waals surface area contributed by atoms with Gasteiger partial charge in [-0.2, -0.15) is 9.61 Å². The van der Waals surface area contributed by atoms with Gasteiger partial charge >= 0.3 is 0 Å². The van der Waals surface area contributed by atoms with Crippen LogP contribution in [0.1, 0.15) is 63.2 Å².